The number of aryl methyl sites for hydroxylation is 1. The van der Waals surface area contributed by atoms with Gasteiger partial charge in [-0.15, -0.1) is 0 Å². The van der Waals surface area contributed by atoms with Gasteiger partial charge in [-0.2, -0.15) is 5.10 Å². The quantitative estimate of drug-likeness (QED) is 0.437. The maximum Gasteiger partial charge on any atom is 0.255 e. The first-order chi connectivity index (χ1) is 17.0. The van der Waals surface area contributed by atoms with Crippen molar-refractivity contribution in [2.45, 2.75) is 58.2 Å². The van der Waals surface area contributed by atoms with Crippen molar-refractivity contribution in [2.24, 2.45) is 7.05 Å². The minimum atomic E-state index is -0.531. The zero-order valence-corrected chi connectivity index (χ0v) is 20.4. The first kappa shape index (κ1) is 24.6. The van der Waals surface area contributed by atoms with Crippen LogP contribution in [0.5, 0.6) is 0 Å². The molecule has 35 heavy (non-hydrogen) atoms. The lowest BCUT2D eigenvalue weighted by molar-refractivity contribution is 0.0718. The second kappa shape index (κ2) is 10.8. The van der Waals surface area contributed by atoms with Gasteiger partial charge in [0.1, 0.15) is 11.3 Å². The van der Waals surface area contributed by atoms with E-state index in [4.69, 9.17) is 0 Å². The van der Waals surface area contributed by atoms with E-state index in [9.17, 15) is 14.3 Å². The molecule has 1 aliphatic carbocycles. The number of fused-ring (bicyclic) bond motifs is 1. The SMILES string of the molecule is CC.Cn1cc(-c2ccc(Cn3cc(C(=O)NC4CCCCC4O)c4ncccc43)c(F)c2)cn1. The average Bonchev–Trinajstić information content (AvgIpc) is 3.47. The van der Waals surface area contributed by atoms with E-state index in [2.05, 4.69) is 15.4 Å². The van der Waals surface area contributed by atoms with Crippen LogP contribution in [0.25, 0.3) is 22.2 Å². The van der Waals surface area contributed by atoms with Gasteiger partial charge in [0.05, 0.1) is 36.0 Å². The lowest BCUT2D eigenvalue weighted by atomic mass is 9.92. The van der Waals surface area contributed by atoms with Gasteiger partial charge in [0.25, 0.3) is 5.91 Å². The zero-order chi connectivity index (χ0) is 24.9. The molecule has 0 saturated heterocycles. The van der Waals surface area contributed by atoms with E-state index in [-0.39, 0.29) is 24.3 Å². The van der Waals surface area contributed by atoms with Crippen LogP contribution in [0.2, 0.25) is 0 Å². The van der Waals surface area contributed by atoms with Gasteiger partial charge in [-0.05, 0) is 36.6 Å². The van der Waals surface area contributed by atoms with Crippen LogP contribution in [0.4, 0.5) is 4.39 Å². The summed E-state index contributed by atoms with van der Waals surface area (Å²) >= 11 is 0. The van der Waals surface area contributed by atoms with Crippen molar-refractivity contribution in [2.75, 3.05) is 0 Å². The maximum absolute atomic E-state index is 15.0. The number of carbonyl (C=O) groups is 1. The van der Waals surface area contributed by atoms with E-state index in [1.165, 1.54) is 6.07 Å². The Kier molecular flexibility index (Phi) is 7.60. The molecule has 0 aliphatic heterocycles. The third kappa shape index (κ3) is 5.27. The molecule has 2 N–H and O–H groups in total. The van der Waals surface area contributed by atoms with Crippen LogP contribution in [-0.2, 0) is 13.6 Å². The number of aliphatic hydroxyl groups excluding tert-OH is 1. The van der Waals surface area contributed by atoms with Gasteiger partial charge in [0, 0.05) is 36.8 Å². The fourth-order valence-electron chi connectivity index (χ4n) is 4.55. The third-order valence-corrected chi connectivity index (χ3v) is 6.36. The summed E-state index contributed by atoms with van der Waals surface area (Å²) < 4.78 is 18.5. The Balaban J connectivity index is 0.00000141. The van der Waals surface area contributed by atoms with Crippen LogP contribution in [-0.4, -0.2) is 42.5 Å². The van der Waals surface area contributed by atoms with Crippen molar-refractivity contribution in [1.29, 1.82) is 0 Å². The number of benzene rings is 1. The molecule has 1 amide bonds. The van der Waals surface area contributed by atoms with Crippen molar-refractivity contribution in [3.63, 3.8) is 0 Å². The normalized spacial score (nSPS) is 17.6. The van der Waals surface area contributed by atoms with Gasteiger partial charge in [0.2, 0.25) is 0 Å². The van der Waals surface area contributed by atoms with Crippen molar-refractivity contribution < 1.29 is 14.3 Å². The van der Waals surface area contributed by atoms with E-state index in [1.54, 1.807) is 35.4 Å². The standard InChI is InChI=1S/C25H26FN5O2.C2H6/c1-30-13-18(12-28-30)16-8-9-17(20(26)11-16)14-31-15-19(24-22(31)6-4-10-27-24)25(33)29-21-5-2-3-7-23(21)32;1-2/h4,6,8-13,15,21,23,32H,2-3,5,7,14H2,1H3,(H,29,33);1-2H3. The summed E-state index contributed by atoms with van der Waals surface area (Å²) in [7, 11) is 1.82. The molecule has 5 rings (SSSR count). The molecular weight excluding hydrogens is 445 g/mol. The number of pyridine rings is 1. The van der Waals surface area contributed by atoms with Crippen LogP contribution in [0.3, 0.4) is 0 Å². The lowest BCUT2D eigenvalue weighted by Crippen LogP contribution is -2.45. The molecule has 8 heteroatoms. The molecular formula is C27H32FN5O2. The summed E-state index contributed by atoms with van der Waals surface area (Å²) in [5.41, 5.74) is 3.86. The number of carbonyl (C=O) groups excluding carboxylic acids is 1. The summed E-state index contributed by atoms with van der Waals surface area (Å²) in [6.45, 7) is 4.26. The Bertz CT molecular complexity index is 1310. The zero-order valence-electron chi connectivity index (χ0n) is 20.4. The Morgan fingerprint density at radius 3 is 2.69 bits per heavy atom. The number of nitrogens with one attached hydrogen (secondary N) is 1. The van der Waals surface area contributed by atoms with Crippen LogP contribution >= 0.6 is 0 Å². The van der Waals surface area contributed by atoms with Crippen molar-refractivity contribution in [3.8, 4) is 11.1 Å². The molecule has 1 aromatic carbocycles. The molecule has 1 saturated carbocycles. The molecule has 0 spiro atoms. The van der Waals surface area contributed by atoms with Crippen LogP contribution in [0, 0.1) is 5.82 Å². The second-order valence-corrected chi connectivity index (χ2v) is 8.68. The highest BCUT2D eigenvalue weighted by Gasteiger charge is 2.26. The van der Waals surface area contributed by atoms with E-state index in [1.807, 2.05) is 43.8 Å². The van der Waals surface area contributed by atoms with Crippen LogP contribution < -0.4 is 5.32 Å². The summed E-state index contributed by atoms with van der Waals surface area (Å²) in [6, 6.07) is 8.55. The molecule has 0 bridgehead atoms. The monoisotopic (exact) mass is 477 g/mol. The predicted octanol–water partition coefficient (Wildman–Crippen LogP) is 4.68. The summed E-state index contributed by atoms with van der Waals surface area (Å²) in [5, 5.41) is 17.3. The van der Waals surface area contributed by atoms with E-state index in [0.717, 1.165) is 35.9 Å². The molecule has 3 aromatic heterocycles. The molecule has 7 nitrogen and oxygen atoms in total. The molecule has 2 unspecified atom stereocenters. The first-order valence-electron chi connectivity index (χ1n) is 12.2. The Labute approximate surface area is 204 Å². The van der Waals surface area contributed by atoms with E-state index >= 15 is 0 Å². The highest BCUT2D eigenvalue weighted by Crippen LogP contribution is 2.25. The summed E-state index contributed by atoms with van der Waals surface area (Å²) in [5.74, 6) is -0.589. The number of halogens is 1. The number of aliphatic hydroxyl groups is 1. The first-order valence-corrected chi connectivity index (χ1v) is 12.2. The Morgan fingerprint density at radius 2 is 1.97 bits per heavy atom. The summed E-state index contributed by atoms with van der Waals surface area (Å²) in [6.07, 6.45) is 9.78. The molecule has 4 aromatic rings. The van der Waals surface area contributed by atoms with Gasteiger partial charge < -0.3 is 15.0 Å². The second-order valence-electron chi connectivity index (χ2n) is 8.68. The molecule has 2 atom stereocenters. The minimum absolute atomic E-state index is 0.258. The number of hydrogen-bond donors (Lipinski definition) is 2. The predicted molar refractivity (Wildman–Crippen MR) is 135 cm³/mol. The Morgan fingerprint density at radius 1 is 1.17 bits per heavy atom. The van der Waals surface area contributed by atoms with Crippen LogP contribution in [0.15, 0.2) is 55.1 Å². The molecule has 184 valence electrons. The average molecular weight is 478 g/mol. The van der Waals surface area contributed by atoms with Gasteiger partial charge in [0.15, 0.2) is 0 Å². The highest BCUT2D eigenvalue weighted by atomic mass is 19.1. The van der Waals surface area contributed by atoms with Gasteiger partial charge in [-0.3, -0.25) is 14.5 Å². The molecule has 1 fully saturated rings. The maximum atomic E-state index is 15.0. The van der Waals surface area contributed by atoms with Gasteiger partial charge in [-0.1, -0.05) is 38.8 Å². The fraction of sp³-hybridized carbons (Fsp3) is 0.370. The number of amides is 1. The fourth-order valence-corrected chi connectivity index (χ4v) is 4.55. The minimum Gasteiger partial charge on any atom is -0.391 e. The molecule has 0 radical (unpaired) electrons. The Hall–Kier alpha value is -3.52. The van der Waals surface area contributed by atoms with Crippen molar-refractivity contribution >= 4 is 16.9 Å². The smallest absolute Gasteiger partial charge is 0.255 e. The number of nitrogens with zero attached hydrogens (tertiary/aromatic N) is 4. The van der Waals surface area contributed by atoms with E-state index < -0.39 is 6.10 Å². The summed E-state index contributed by atoms with van der Waals surface area (Å²) in [4.78, 5) is 17.5. The topological polar surface area (TPSA) is 85.0 Å². The van der Waals surface area contributed by atoms with Crippen molar-refractivity contribution in [1.82, 2.24) is 24.6 Å². The number of hydrogen-bond acceptors (Lipinski definition) is 4. The molecule has 1 aliphatic rings. The highest BCUT2D eigenvalue weighted by molar-refractivity contribution is 6.05. The lowest BCUT2D eigenvalue weighted by Gasteiger charge is -2.28. The molecule has 3 heterocycles. The number of aromatic nitrogens is 4. The largest absolute Gasteiger partial charge is 0.391 e. The van der Waals surface area contributed by atoms with Crippen molar-refractivity contribution in [3.05, 3.63) is 72.1 Å². The van der Waals surface area contributed by atoms with Crippen LogP contribution in [0.1, 0.15) is 55.5 Å². The van der Waals surface area contributed by atoms with Gasteiger partial charge >= 0.3 is 0 Å². The van der Waals surface area contributed by atoms with Gasteiger partial charge in [-0.25, -0.2) is 4.39 Å². The third-order valence-electron chi connectivity index (χ3n) is 6.36. The number of rotatable bonds is 5. The van der Waals surface area contributed by atoms with E-state index in [0.29, 0.717) is 23.1 Å².